The van der Waals surface area contributed by atoms with Crippen LogP contribution in [-0.2, 0) is 6.42 Å². The first-order valence-corrected chi connectivity index (χ1v) is 7.15. The van der Waals surface area contributed by atoms with Gasteiger partial charge in [0.05, 0.1) is 0 Å². The van der Waals surface area contributed by atoms with Crippen LogP contribution in [0.15, 0.2) is 24.3 Å². The molecule has 0 aromatic heterocycles. The van der Waals surface area contributed by atoms with Gasteiger partial charge in [-0.05, 0) is 43.7 Å². The smallest absolute Gasteiger partial charge is 0.166 e. The van der Waals surface area contributed by atoms with Crippen LogP contribution in [-0.4, -0.2) is 17.9 Å². The lowest BCUT2D eigenvalue weighted by atomic mass is 9.85. The lowest BCUT2D eigenvalue weighted by Crippen LogP contribution is -2.40. The molecule has 1 aromatic carbocycles. The minimum Gasteiger partial charge on any atom is -0.311 e. The Bertz CT molecular complexity index is 442. The van der Waals surface area contributed by atoms with Gasteiger partial charge in [-0.1, -0.05) is 25.1 Å². The first-order chi connectivity index (χ1) is 8.76. The van der Waals surface area contributed by atoms with E-state index in [9.17, 15) is 4.79 Å². The molecular formula is C16H21NO. The number of fused-ring (bicyclic) bond motifs is 2. The predicted octanol–water partition coefficient (Wildman–Crippen LogP) is 2.96. The van der Waals surface area contributed by atoms with Gasteiger partial charge in [0.1, 0.15) is 0 Å². The van der Waals surface area contributed by atoms with E-state index in [1.54, 1.807) is 0 Å². The zero-order chi connectivity index (χ0) is 12.5. The fourth-order valence-electron chi connectivity index (χ4n) is 3.45. The normalized spacial score (nSPS) is 30.4. The Morgan fingerprint density at radius 3 is 2.67 bits per heavy atom. The summed E-state index contributed by atoms with van der Waals surface area (Å²) in [6.45, 7) is 2.13. The van der Waals surface area contributed by atoms with Crippen molar-refractivity contribution in [3.8, 4) is 0 Å². The molecule has 0 spiro atoms. The SMILES string of the molecule is CCc1cccc(C(=O)C2CC3CCC(C2)N3)c1. The van der Waals surface area contributed by atoms with E-state index in [1.807, 2.05) is 12.1 Å². The van der Waals surface area contributed by atoms with Gasteiger partial charge in [-0.2, -0.15) is 0 Å². The molecule has 0 aliphatic carbocycles. The molecule has 2 atom stereocenters. The minimum absolute atomic E-state index is 0.246. The molecule has 2 unspecified atom stereocenters. The van der Waals surface area contributed by atoms with Crippen LogP contribution in [0.1, 0.15) is 48.5 Å². The van der Waals surface area contributed by atoms with Crippen LogP contribution in [0.2, 0.25) is 0 Å². The molecule has 0 amide bonds. The van der Waals surface area contributed by atoms with Gasteiger partial charge in [0.15, 0.2) is 5.78 Å². The first kappa shape index (κ1) is 11.9. The molecule has 2 nitrogen and oxygen atoms in total. The first-order valence-electron chi connectivity index (χ1n) is 7.15. The van der Waals surface area contributed by atoms with Crippen LogP contribution < -0.4 is 5.32 Å². The van der Waals surface area contributed by atoms with Crippen molar-refractivity contribution < 1.29 is 4.79 Å². The van der Waals surface area contributed by atoms with Crippen molar-refractivity contribution in [1.82, 2.24) is 5.32 Å². The van der Waals surface area contributed by atoms with Gasteiger partial charge in [-0.25, -0.2) is 0 Å². The van der Waals surface area contributed by atoms with E-state index in [0.29, 0.717) is 17.9 Å². The minimum atomic E-state index is 0.246. The summed E-state index contributed by atoms with van der Waals surface area (Å²) >= 11 is 0. The zero-order valence-corrected chi connectivity index (χ0v) is 11.0. The number of piperidine rings is 1. The molecule has 96 valence electrons. The number of Topliss-reactive ketones (excluding diaryl/α,β-unsaturated/α-hetero) is 1. The van der Waals surface area contributed by atoms with Crippen molar-refractivity contribution in [2.75, 3.05) is 0 Å². The average Bonchev–Trinajstić information content (AvgIpc) is 2.76. The van der Waals surface area contributed by atoms with E-state index < -0.39 is 0 Å². The third kappa shape index (κ3) is 2.22. The Balaban J connectivity index is 1.77. The van der Waals surface area contributed by atoms with Gasteiger partial charge in [0.2, 0.25) is 0 Å². The third-order valence-electron chi connectivity index (χ3n) is 4.46. The largest absolute Gasteiger partial charge is 0.311 e. The standard InChI is InChI=1S/C16H21NO/c1-2-11-4-3-5-12(8-11)16(18)13-9-14-6-7-15(10-13)17-14/h3-5,8,13-15,17H,2,6-7,9-10H2,1H3. The van der Waals surface area contributed by atoms with E-state index >= 15 is 0 Å². The fourth-order valence-corrected chi connectivity index (χ4v) is 3.45. The predicted molar refractivity (Wildman–Crippen MR) is 72.8 cm³/mol. The summed E-state index contributed by atoms with van der Waals surface area (Å²) in [6, 6.07) is 9.35. The highest BCUT2D eigenvalue weighted by Gasteiger charge is 2.36. The van der Waals surface area contributed by atoms with Gasteiger partial charge >= 0.3 is 0 Å². The summed E-state index contributed by atoms with van der Waals surface area (Å²) in [5, 5.41) is 3.60. The van der Waals surface area contributed by atoms with Crippen molar-refractivity contribution >= 4 is 5.78 Å². The zero-order valence-electron chi connectivity index (χ0n) is 11.0. The van der Waals surface area contributed by atoms with E-state index in [-0.39, 0.29) is 5.92 Å². The van der Waals surface area contributed by atoms with E-state index in [4.69, 9.17) is 0 Å². The van der Waals surface area contributed by atoms with Crippen LogP contribution >= 0.6 is 0 Å². The van der Waals surface area contributed by atoms with Crippen molar-refractivity contribution in [3.63, 3.8) is 0 Å². The monoisotopic (exact) mass is 243 g/mol. The molecular weight excluding hydrogens is 222 g/mol. The van der Waals surface area contributed by atoms with Gasteiger partial charge in [0, 0.05) is 23.6 Å². The lowest BCUT2D eigenvalue weighted by molar-refractivity contribution is 0.0875. The fraction of sp³-hybridized carbons (Fsp3) is 0.562. The summed E-state index contributed by atoms with van der Waals surface area (Å²) in [6.07, 6.45) is 5.57. The Morgan fingerprint density at radius 2 is 2.00 bits per heavy atom. The molecule has 2 bridgehead atoms. The molecule has 2 saturated heterocycles. The van der Waals surface area contributed by atoms with Crippen molar-refractivity contribution in [3.05, 3.63) is 35.4 Å². The average molecular weight is 243 g/mol. The number of carbonyl (C=O) groups excluding carboxylic acids is 1. The maximum atomic E-state index is 12.6. The topological polar surface area (TPSA) is 29.1 Å². The Morgan fingerprint density at radius 1 is 1.28 bits per heavy atom. The number of ketones is 1. The highest BCUT2D eigenvalue weighted by molar-refractivity contribution is 5.98. The van der Waals surface area contributed by atoms with E-state index in [1.165, 1.54) is 18.4 Å². The molecule has 2 heterocycles. The number of hydrogen-bond acceptors (Lipinski definition) is 2. The van der Waals surface area contributed by atoms with Crippen LogP contribution in [0.3, 0.4) is 0 Å². The molecule has 1 aromatic rings. The molecule has 2 aliphatic rings. The number of aryl methyl sites for hydroxylation is 1. The Labute approximate surface area is 109 Å². The van der Waals surface area contributed by atoms with Crippen LogP contribution in [0, 0.1) is 5.92 Å². The molecule has 1 N–H and O–H groups in total. The lowest BCUT2D eigenvalue weighted by Gasteiger charge is -2.28. The number of hydrogen-bond donors (Lipinski definition) is 1. The maximum absolute atomic E-state index is 12.6. The van der Waals surface area contributed by atoms with Crippen molar-refractivity contribution in [2.45, 2.75) is 51.1 Å². The Kier molecular flexibility index (Phi) is 3.21. The molecule has 0 saturated carbocycles. The van der Waals surface area contributed by atoms with E-state index in [0.717, 1.165) is 24.8 Å². The summed E-state index contributed by atoms with van der Waals surface area (Å²) in [4.78, 5) is 12.6. The second-order valence-electron chi connectivity index (χ2n) is 5.72. The highest BCUT2D eigenvalue weighted by Crippen LogP contribution is 2.32. The molecule has 3 rings (SSSR count). The molecule has 0 radical (unpaired) electrons. The van der Waals surface area contributed by atoms with Crippen molar-refractivity contribution in [2.24, 2.45) is 5.92 Å². The van der Waals surface area contributed by atoms with Crippen molar-refractivity contribution in [1.29, 1.82) is 0 Å². The summed E-state index contributed by atoms with van der Waals surface area (Å²) in [5.41, 5.74) is 2.18. The summed E-state index contributed by atoms with van der Waals surface area (Å²) < 4.78 is 0. The molecule has 2 heteroatoms. The van der Waals surface area contributed by atoms with Gasteiger partial charge in [0.25, 0.3) is 0 Å². The second-order valence-corrected chi connectivity index (χ2v) is 5.72. The number of benzene rings is 1. The van der Waals surface area contributed by atoms with E-state index in [2.05, 4.69) is 24.4 Å². The van der Waals surface area contributed by atoms with Gasteiger partial charge in [-0.3, -0.25) is 4.79 Å². The number of carbonyl (C=O) groups is 1. The molecule has 2 aliphatic heterocycles. The maximum Gasteiger partial charge on any atom is 0.166 e. The molecule has 2 fully saturated rings. The van der Waals surface area contributed by atoms with Gasteiger partial charge < -0.3 is 5.32 Å². The van der Waals surface area contributed by atoms with Crippen LogP contribution in [0.4, 0.5) is 0 Å². The summed E-state index contributed by atoms with van der Waals surface area (Å²) in [5.74, 6) is 0.611. The number of nitrogens with one attached hydrogen (secondary N) is 1. The summed E-state index contributed by atoms with van der Waals surface area (Å²) in [7, 11) is 0. The van der Waals surface area contributed by atoms with Gasteiger partial charge in [-0.15, -0.1) is 0 Å². The third-order valence-corrected chi connectivity index (χ3v) is 4.46. The number of rotatable bonds is 3. The highest BCUT2D eigenvalue weighted by atomic mass is 16.1. The van der Waals surface area contributed by atoms with Crippen LogP contribution in [0.5, 0.6) is 0 Å². The van der Waals surface area contributed by atoms with Crippen LogP contribution in [0.25, 0.3) is 0 Å². The molecule has 18 heavy (non-hydrogen) atoms. The second kappa shape index (κ2) is 4.85. The Hall–Kier alpha value is -1.15. The quantitative estimate of drug-likeness (QED) is 0.827.